The molecule has 156 valence electrons. The lowest BCUT2D eigenvalue weighted by molar-refractivity contribution is -0.125. The minimum atomic E-state index is -0.610. The zero-order chi connectivity index (χ0) is 21.3. The Morgan fingerprint density at radius 2 is 2.00 bits per heavy atom. The van der Waals surface area contributed by atoms with Crippen LogP contribution in [0.5, 0.6) is 11.5 Å². The molecule has 0 saturated heterocycles. The van der Waals surface area contributed by atoms with Gasteiger partial charge in [0.05, 0.1) is 38.1 Å². The summed E-state index contributed by atoms with van der Waals surface area (Å²) in [6.07, 6.45) is 2.39. The van der Waals surface area contributed by atoms with Gasteiger partial charge < -0.3 is 19.7 Å². The SMILES string of the molecule is COc1ccc(OC)c(C2NC(=O)N(C)C3=C2C(=O)N(CCc2ccccn2)C3)c1. The third-order valence-electron chi connectivity index (χ3n) is 5.55. The van der Waals surface area contributed by atoms with E-state index in [0.717, 1.165) is 5.69 Å². The maximum absolute atomic E-state index is 13.3. The first-order chi connectivity index (χ1) is 14.5. The van der Waals surface area contributed by atoms with Crippen molar-refractivity contribution in [1.29, 1.82) is 0 Å². The highest BCUT2D eigenvalue weighted by Gasteiger charge is 2.43. The quantitative estimate of drug-likeness (QED) is 0.792. The molecule has 2 aliphatic rings. The molecule has 0 radical (unpaired) electrons. The maximum atomic E-state index is 13.3. The Morgan fingerprint density at radius 1 is 1.17 bits per heavy atom. The number of ether oxygens (including phenoxy) is 2. The van der Waals surface area contributed by atoms with Gasteiger partial charge in [0.15, 0.2) is 0 Å². The molecular weight excluding hydrogens is 384 g/mol. The Morgan fingerprint density at radius 3 is 2.70 bits per heavy atom. The Labute approximate surface area is 175 Å². The number of amides is 3. The van der Waals surface area contributed by atoms with Crippen LogP contribution in [0.2, 0.25) is 0 Å². The lowest BCUT2D eigenvalue weighted by Crippen LogP contribution is -2.45. The minimum Gasteiger partial charge on any atom is -0.497 e. The van der Waals surface area contributed by atoms with E-state index in [4.69, 9.17) is 9.47 Å². The number of pyridine rings is 1. The molecule has 30 heavy (non-hydrogen) atoms. The third kappa shape index (κ3) is 3.45. The maximum Gasteiger partial charge on any atom is 0.322 e. The molecule has 2 aliphatic heterocycles. The predicted octanol–water partition coefficient (Wildman–Crippen LogP) is 2.13. The Bertz CT molecular complexity index is 1010. The molecule has 0 spiro atoms. The van der Waals surface area contributed by atoms with Gasteiger partial charge in [-0.2, -0.15) is 0 Å². The average molecular weight is 408 g/mol. The van der Waals surface area contributed by atoms with E-state index in [1.54, 1.807) is 50.6 Å². The van der Waals surface area contributed by atoms with Crippen LogP contribution in [0.4, 0.5) is 4.79 Å². The van der Waals surface area contributed by atoms with Crippen molar-refractivity contribution < 1.29 is 19.1 Å². The molecular formula is C22H24N4O4. The molecule has 8 nitrogen and oxygen atoms in total. The van der Waals surface area contributed by atoms with Crippen LogP contribution in [-0.2, 0) is 11.2 Å². The lowest BCUT2D eigenvalue weighted by Gasteiger charge is -2.31. The van der Waals surface area contributed by atoms with E-state index in [9.17, 15) is 9.59 Å². The summed E-state index contributed by atoms with van der Waals surface area (Å²) in [5, 5.41) is 2.94. The summed E-state index contributed by atoms with van der Waals surface area (Å²) in [5.41, 5.74) is 2.87. The van der Waals surface area contributed by atoms with Crippen molar-refractivity contribution in [2.24, 2.45) is 0 Å². The molecule has 1 atom stereocenters. The summed E-state index contributed by atoms with van der Waals surface area (Å²) in [4.78, 5) is 33.6. The molecule has 1 aromatic carbocycles. The second-order valence-electron chi connectivity index (χ2n) is 7.21. The van der Waals surface area contributed by atoms with Gasteiger partial charge in [0, 0.05) is 37.5 Å². The number of rotatable bonds is 6. The van der Waals surface area contributed by atoms with Crippen molar-refractivity contribution in [1.82, 2.24) is 20.1 Å². The molecule has 3 heterocycles. The average Bonchev–Trinajstić information content (AvgIpc) is 3.11. The number of hydrogen-bond acceptors (Lipinski definition) is 5. The zero-order valence-corrected chi connectivity index (χ0v) is 17.2. The Kier molecular flexibility index (Phi) is 5.31. The number of aromatic nitrogens is 1. The molecule has 0 aliphatic carbocycles. The summed E-state index contributed by atoms with van der Waals surface area (Å²) >= 11 is 0. The van der Waals surface area contributed by atoms with E-state index in [0.29, 0.717) is 47.8 Å². The molecule has 1 aromatic heterocycles. The molecule has 0 saturated carbocycles. The fourth-order valence-corrected chi connectivity index (χ4v) is 3.90. The van der Waals surface area contributed by atoms with Crippen LogP contribution in [-0.4, -0.2) is 61.1 Å². The normalized spacial score (nSPS) is 18.4. The van der Waals surface area contributed by atoms with E-state index in [1.807, 2.05) is 18.2 Å². The molecule has 1 N–H and O–H groups in total. The van der Waals surface area contributed by atoms with Crippen LogP contribution in [0.15, 0.2) is 53.9 Å². The van der Waals surface area contributed by atoms with Gasteiger partial charge in [-0.3, -0.25) is 14.7 Å². The minimum absolute atomic E-state index is 0.0948. The number of benzene rings is 1. The van der Waals surface area contributed by atoms with E-state index in [1.165, 1.54) is 4.90 Å². The fourth-order valence-electron chi connectivity index (χ4n) is 3.90. The Hall–Kier alpha value is -3.55. The standard InChI is InChI=1S/C22H24N4O4/c1-25-17-13-26(11-9-14-6-4-5-10-23-14)21(27)19(17)20(24-22(25)28)16-12-15(29-2)7-8-18(16)30-3/h4-8,10,12,20H,9,11,13H2,1-3H3,(H,24,28). The zero-order valence-electron chi connectivity index (χ0n) is 17.2. The van der Waals surface area contributed by atoms with Gasteiger partial charge in [0.25, 0.3) is 5.91 Å². The van der Waals surface area contributed by atoms with E-state index in [2.05, 4.69) is 10.3 Å². The number of likely N-dealkylation sites (N-methyl/N-ethyl adjacent to an activating group) is 1. The largest absolute Gasteiger partial charge is 0.497 e. The van der Waals surface area contributed by atoms with Gasteiger partial charge in [-0.15, -0.1) is 0 Å². The number of urea groups is 1. The van der Waals surface area contributed by atoms with Crippen molar-refractivity contribution in [2.45, 2.75) is 12.5 Å². The van der Waals surface area contributed by atoms with E-state index < -0.39 is 6.04 Å². The smallest absolute Gasteiger partial charge is 0.322 e. The van der Waals surface area contributed by atoms with Crippen LogP contribution >= 0.6 is 0 Å². The van der Waals surface area contributed by atoms with E-state index in [-0.39, 0.29) is 11.9 Å². The number of nitrogens with zero attached hydrogens (tertiary/aromatic N) is 3. The molecule has 1 unspecified atom stereocenters. The van der Waals surface area contributed by atoms with Crippen molar-refractivity contribution in [3.63, 3.8) is 0 Å². The van der Waals surface area contributed by atoms with Crippen LogP contribution < -0.4 is 14.8 Å². The topological polar surface area (TPSA) is 84.0 Å². The van der Waals surface area contributed by atoms with Crippen LogP contribution in [0.1, 0.15) is 17.3 Å². The van der Waals surface area contributed by atoms with Crippen molar-refractivity contribution in [3.8, 4) is 11.5 Å². The summed E-state index contributed by atoms with van der Waals surface area (Å²) in [5.74, 6) is 1.11. The number of carbonyl (C=O) groups is 2. The number of nitrogens with one attached hydrogen (secondary N) is 1. The molecule has 4 rings (SSSR count). The highest BCUT2D eigenvalue weighted by atomic mass is 16.5. The second-order valence-corrected chi connectivity index (χ2v) is 7.21. The first-order valence-electron chi connectivity index (χ1n) is 9.72. The molecule has 2 aromatic rings. The monoisotopic (exact) mass is 408 g/mol. The van der Waals surface area contributed by atoms with Gasteiger partial charge in [0.2, 0.25) is 0 Å². The molecule has 0 fully saturated rings. The summed E-state index contributed by atoms with van der Waals surface area (Å²) < 4.78 is 10.8. The van der Waals surface area contributed by atoms with Crippen molar-refractivity contribution in [2.75, 3.05) is 34.4 Å². The van der Waals surface area contributed by atoms with E-state index >= 15 is 0 Å². The number of carbonyl (C=O) groups excluding carboxylic acids is 2. The van der Waals surface area contributed by atoms with Gasteiger partial charge in [-0.1, -0.05) is 6.07 Å². The highest BCUT2D eigenvalue weighted by molar-refractivity contribution is 6.01. The first kappa shape index (κ1) is 19.8. The van der Waals surface area contributed by atoms with Crippen LogP contribution in [0.25, 0.3) is 0 Å². The molecule has 8 heteroatoms. The van der Waals surface area contributed by atoms with Crippen molar-refractivity contribution >= 4 is 11.9 Å². The van der Waals surface area contributed by atoms with Gasteiger partial charge in [0.1, 0.15) is 11.5 Å². The van der Waals surface area contributed by atoms with Gasteiger partial charge in [-0.05, 0) is 30.3 Å². The second kappa shape index (κ2) is 8.06. The Balaban J connectivity index is 1.66. The lowest BCUT2D eigenvalue weighted by atomic mass is 9.94. The molecule has 3 amide bonds. The molecule has 0 bridgehead atoms. The summed E-state index contributed by atoms with van der Waals surface area (Å²) in [6.45, 7) is 0.903. The number of hydrogen-bond donors (Lipinski definition) is 1. The third-order valence-corrected chi connectivity index (χ3v) is 5.55. The summed E-state index contributed by atoms with van der Waals surface area (Å²) in [7, 11) is 4.82. The van der Waals surface area contributed by atoms with Gasteiger partial charge >= 0.3 is 6.03 Å². The number of methoxy groups -OCH3 is 2. The van der Waals surface area contributed by atoms with Crippen LogP contribution in [0.3, 0.4) is 0 Å². The van der Waals surface area contributed by atoms with Crippen molar-refractivity contribution in [3.05, 3.63) is 65.1 Å². The fraction of sp³-hybridized carbons (Fsp3) is 0.318. The van der Waals surface area contributed by atoms with Gasteiger partial charge in [-0.25, -0.2) is 4.79 Å². The van der Waals surface area contributed by atoms with Crippen LogP contribution in [0, 0.1) is 0 Å². The highest BCUT2D eigenvalue weighted by Crippen LogP contribution is 2.40. The summed E-state index contributed by atoms with van der Waals surface area (Å²) in [6, 6.07) is 10.2. The predicted molar refractivity (Wildman–Crippen MR) is 110 cm³/mol. The first-order valence-corrected chi connectivity index (χ1v) is 9.72.